The zero-order valence-corrected chi connectivity index (χ0v) is 11.4. The van der Waals surface area contributed by atoms with Crippen molar-refractivity contribution in [2.75, 3.05) is 30.7 Å². The minimum absolute atomic E-state index is 0.167. The summed E-state index contributed by atoms with van der Waals surface area (Å²) < 4.78 is 0. The van der Waals surface area contributed by atoms with Gasteiger partial charge < -0.3 is 16.0 Å². The highest BCUT2D eigenvalue weighted by Crippen LogP contribution is 2.13. The largest absolute Gasteiger partial charge is 0.397 e. The lowest BCUT2D eigenvalue weighted by molar-refractivity contribution is -0.130. The molecule has 18 heavy (non-hydrogen) atoms. The van der Waals surface area contributed by atoms with Gasteiger partial charge in [0.15, 0.2) is 0 Å². The van der Waals surface area contributed by atoms with Crippen molar-refractivity contribution in [3.63, 3.8) is 0 Å². The molecule has 0 aliphatic heterocycles. The Morgan fingerprint density at radius 1 is 1.44 bits per heavy atom. The molecule has 0 fully saturated rings. The highest BCUT2D eigenvalue weighted by atomic mass is 16.2. The summed E-state index contributed by atoms with van der Waals surface area (Å²) >= 11 is 0. The number of nitrogens with two attached hydrogens (primary N) is 1. The first kappa shape index (κ1) is 14.3. The first-order valence-electron chi connectivity index (χ1n) is 6.32. The highest BCUT2D eigenvalue weighted by molar-refractivity contribution is 5.76. The smallest absolute Gasteiger partial charge is 0.224 e. The molecule has 1 heterocycles. The van der Waals surface area contributed by atoms with E-state index in [1.165, 1.54) is 0 Å². The number of carbonyl (C=O) groups excluding carboxylic acids is 1. The van der Waals surface area contributed by atoms with Crippen LogP contribution in [0.2, 0.25) is 0 Å². The van der Waals surface area contributed by atoms with Gasteiger partial charge in [-0.2, -0.15) is 0 Å². The van der Waals surface area contributed by atoms with Crippen LogP contribution in [0.25, 0.3) is 0 Å². The van der Waals surface area contributed by atoms with Gasteiger partial charge in [-0.3, -0.25) is 4.79 Å². The highest BCUT2D eigenvalue weighted by Gasteiger charge is 2.09. The molecule has 0 saturated heterocycles. The summed E-state index contributed by atoms with van der Waals surface area (Å²) in [6.45, 7) is 8.02. The van der Waals surface area contributed by atoms with E-state index < -0.39 is 0 Å². The van der Waals surface area contributed by atoms with Crippen molar-refractivity contribution in [2.24, 2.45) is 0 Å². The number of nitrogens with zero attached hydrogens (tertiary/aromatic N) is 2. The van der Waals surface area contributed by atoms with Crippen LogP contribution in [-0.4, -0.2) is 35.4 Å². The Labute approximate surface area is 108 Å². The molecule has 3 N–H and O–H groups in total. The normalized spacial score (nSPS) is 10.2. The third kappa shape index (κ3) is 3.91. The molecule has 1 rings (SSSR count). The second-order valence-electron chi connectivity index (χ2n) is 4.18. The number of nitrogens with one attached hydrogen (secondary N) is 1. The third-order valence-electron chi connectivity index (χ3n) is 2.85. The van der Waals surface area contributed by atoms with Crippen molar-refractivity contribution < 1.29 is 4.79 Å². The van der Waals surface area contributed by atoms with Crippen LogP contribution in [0, 0.1) is 6.92 Å². The van der Waals surface area contributed by atoms with Crippen molar-refractivity contribution in [2.45, 2.75) is 27.2 Å². The molecule has 1 aromatic rings. The van der Waals surface area contributed by atoms with Gasteiger partial charge in [-0.05, 0) is 32.4 Å². The molecule has 0 saturated carbocycles. The van der Waals surface area contributed by atoms with Crippen molar-refractivity contribution in [3.8, 4) is 0 Å². The molecule has 0 radical (unpaired) electrons. The van der Waals surface area contributed by atoms with Crippen LogP contribution in [-0.2, 0) is 4.79 Å². The summed E-state index contributed by atoms with van der Waals surface area (Å²) in [5.74, 6) is 0.956. The maximum Gasteiger partial charge on any atom is 0.224 e. The van der Waals surface area contributed by atoms with Gasteiger partial charge >= 0.3 is 0 Å². The molecule has 0 aromatic carbocycles. The average molecular weight is 250 g/mol. The van der Waals surface area contributed by atoms with Crippen molar-refractivity contribution >= 4 is 17.4 Å². The van der Waals surface area contributed by atoms with Crippen molar-refractivity contribution in [1.29, 1.82) is 0 Å². The van der Waals surface area contributed by atoms with Gasteiger partial charge in [-0.1, -0.05) is 0 Å². The molecular formula is C13H22N4O. The number of nitrogen functional groups attached to an aromatic ring is 1. The first-order valence-corrected chi connectivity index (χ1v) is 6.32. The minimum atomic E-state index is 0.167. The molecule has 5 heteroatoms. The van der Waals surface area contributed by atoms with E-state index in [1.54, 1.807) is 6.20 Å². The van der Waals surface area contributed by atoms with E-state index in [2.05, 4.69) is 10.3 Å². The van der Waals surface area contributed by atoms with E-state index in [-0.39, 0.29) is 5.91 Å². The maximum absolute atomic E-state index is 11.8. The van der Waals surface area contributed by atoms with Crippen LogP contribution in [0.15, 0.2) is 12.3 Å². The zero-order valence-electron chi connectivity index (χ0n) is 11.4. The summed E-state index contributed by atoms with van der Waals surface area (Å²) in [6.07, 6.45) is 2.09. The molecule has 0 unspecified atom stereocenters. The van der Waals surface area contributed by atoms with E-state index >= 15 is 0 Å². The van der Waals surface area contributed by atoms with E-state index in [0.29, 0.717) is 18.7 Å². The molecule has 1 aromatic heterocycles. The fraction of sp³-hybridized carbons (Fsp3) is 0.538. The summed E-state index contributed by atoms with van der Waals surface area (Å²) in [5.41, 5.74) is 7.27. The molecule has 0 spiro atoms. The fourth-order valence-electron chi connectivity index (χ4n) is 1.80. The molecule has 0 atom stereocenters. The lowest BCUT2D eigenvalue weighted by Crippen LogP contribution is -2.31. The molecule has 5 nitrogen and oxygen atoms in total. The number of aryl methyl sites for hydroxylation is 1. The quantitative estimate of drug-likeness (QED) is 0.805. The van der Waals surface area contributed by atoms with Gasteiger partial charge in [0.25, 0.3) is 0 Å². The van der Waals surface area contributed by atoms with Gasteiger partial charge in [0, 0.05) is 26.1 Å². The van der Waals surface area contributed by atoms with Crippen LogP contribution in [0.1, 0.15) is 25.8 Å². The van der Waals surface area contributed by atoms with Gasteiger partial charge in [0.2, 0.25) is 5.91 Å². The Morgan fingerprint density at radius 3 is 2.67 bits per heavy atom. The Hall–Kier alpha value is -1.78. The number of carbonyl (C=O) groups is 1. The number of pyridine rings is 1. The third-order valence-corrected chi connectivity index (χ3v) is 2.85. The predicted octanol–water partition coefficient (Wildman–Crippen LogP) is 1.64. The van der Waals surface area contributed by atoms with Crippen LogP contribution < -0.4 is 11.1 Å². The minimum Gasteiger partial charge on any atom is -0.397 e. The van der Waals surface area contributed by atoms with E-state index in [9.17, 15) is 4.79 Å². The van der Waals surface area contributed by atoms with Crippen molar-refractivity contribution in [3.05, 3.63) is 17.8 Å². The molecule has 100 valence electrons. The Balaban J connectivity index is 2.44. The maximum atomic E-state index is 11.8. The SMILES string of the molecule is CCN(CC)C(=O)CCNc1ncc(N)cc1C. The molecule has 0 aliphatic carbocycles. The topological polar surface area (TPSA) is 71.2 Å². The Bertz CT molecular complexity index is 402. The van der Waals surface area contributed by atoms with Crippen LogP contribution in [0.4, 0.5) is 11.5 Å². The van der Waals surface area contributed by atoms with Crippen LogP contribution >= 0.6 is 0 Å². The number of aromatic nitrogens is 1. The fourth-order valence-corrected chi connectivity index (χ4v) is 1.80. The summed E-state index contributed by atoms with van der Waals surface area (Å²) in [6, 6.07) is 1.86. The van der Waals surface area contributed by atoms with E-state index in [1.807, 2.05) is 31.7 Å². The predicted molar refractivity (Wildman–Crippen MR) is 74.4 cm³/mol. The monoisotopic (exact) mass is 250 g/mol. The number of anilines is 2. The van der Waals surface area contributed by atoms with E-state index in [0.717, 1.165) is 24.5 Å². The first-order chi connectivity index (χ1) is 8.58. The second-order valence-corrected chi connectivity index (χ2v) is 4.18. The summed E-state index contributed by atoms with van der Waals surface area (Å²) in [5, 5.41) is 3.16. The standard InChI is InChI=1S/C13H22N4O/c1-4-17(5-2)12(18)6-7-15-13-10(3)8-11(14)9-16-13/h8-9H,4-7,14H2,1-3H3,(H,15,16). The van der Waals surface area contributed by atoms with Gasteiger partial charge in [0.05, 0.1) is 11.9 Å². The van der Waals surface area contributed by atoms with Gasteiger partial charge in [-0.15, -0.1) is 0 Å². The zero-order chi connectivity index (χ0) is 13.5. The van der Waals surface area contributed by atoms with Crippen molar-refractivity contribution in [1.82, 2.24) is 9.88 Å². The summed E-state index contributed by atoms with van der Waals surface area (Å²) in [7, 11) is 0. The molecular weight excluding hydrogens is 228 g/mol. The second kappa shape index (κ2) is 6.83. The summed E-state index contributed by atoms with van der Waals surface area (Å²) in [4.78, 5) is 17.8. The van der Waals surface area contributed by atoms with Crippen LogP contribution in [0.5, 0.6) is 0 Å². The number of hydrogen-bond donors (Lipinski definition) is 2. The number of amides is 1. The van der Waals surface area contributed by atoms with Gasteiger partial charge in [-0.25, -0.2) is 4.98 Å². The van der Waals surface area contributed by atoms with E-state index in [4.69, 9.17) is 5.73 Å². The number of hydrogen-bond acceptors (Lipinski definition) is 4. The lowest BCUT2D eigenvalue weighted by Gasteiger charge is -2.18. The average Bonchev–Trinajstić information content (AvgIpc) is 2.33. The lowest BCUT2D eigenvalue weighted by atomic mass is 10.2. The van der Waals surface area contributed by atoms with Gasteiger partial charge in [0.1, 0.15) is 5.82 Å². The Kier molecular flexibility index (Phi) is 5.42. The molecule has 0 aliphatic rings. The molecule has 0 bridgehead atoms. The molecule has 1 amide bonds. The van der Waals surface area contributed by atoms with Crippen LogP contribution in [0.3, 0.4) is 0 Å². The number of rotatable bonds is 6. The Morgan fingerprint density at radius 2 is 2.11 bits per heavy atom.